The highest BCUT2D eigenvalue weighted by Gasteiger charge is 2.57. The Kier molecular flexibility index (Phi) is 5.20. The molecule has 2 aliphatic rings. The van der Waals surface area contributed by atoms with Crippen molar-refractivity contribution >= 4 is 35.5 Å². The van der Waals surface area contributed by atoms with Crippen LogP contribution < -0.4 is 0 Å². The van der Waals surface area contributed by atoms with E-state index in [1.807, 2.05) is 27.7 Å². The van der Waals surface area contributed by atoms with Gasteiger partial charge in [-0.15, -0.1) is 0 Å². The molecule has 0 fully saturated rings. The maximum Gasteiger partial charge on any atom is 0.737 e. The predicted molar refractivity (Wildman–Crippen MR) is 125 cm³/mol. The van der Waals surface area contributed by atoms with Gasteiger partial charge in [-0.3, -0.25) is 10.1 Å². The SMILES string of the molecule is CCC1=C(C)C2=C(c3ccc(Cl)cc3[N+](=O)[O-])c3c(C)c(CC)c(C)n3[B-](F)(F)[N+]2=C1C. The summed E-state index contributed by atoms with van der Waals surface area (Å²) in [7, 11) is 0. The van der Waals surface area contributed by atoms with Gasteiger partial charge in [0.25, 0.3) is 5.69 Å². The molecule has 2 aliphatic heterocycles. The Labute approximate surface area is 190 Å². The van der Waals surface area contributed by atoms with E-state index >= 15 is 8.63 Å². The minimum atomic E-state index is -4.18. The number of nitro groups is 1. The first-order valence-electron chi connectivity index (χ1n) is 10.7. The van der Waals surface area contributed by atoms with Crippen molar-refractivity contribution < 1.29 is 18.0 Å². The number of halogens is 3. The molecular formula is C23H25BClF2N3O2. The maximum atomic E-state index is 16.2. The largest absolute Gasteiger partial charge is 0.737 e. The van der Waals surface area contributed by atoms with E-state index in [-0.39, 0.29) is 10.7 Å². The second kappa shape index (κ2) is 7.41. The first kappa shape index (κ1) is 22.5. The summed E-state index contributed by atoms with van der Waals surface area (Å²) in [5.74, 6) is 0. The van der Waals surface area contributed by atoms with Gasteiger partial charge in [0, 0.05) is 34.9 Å². The average Bonchev–Trinajstić information content (AvgIpc) is 3.13. The van der Waals surface area contributed by atoms with E-state index < -0.39 is 11.9 Å². The molecule has 0 radical (unpaired) electrons. The van der Waals surface area contributed by atoms with Gasteiger partial charge in [-0.05, 0) is 62.6 Å². The standard InChI is InChI=1S/C23H25BClF2N3O2/c1-7-17-12(3)22-21(19-10-9-16(25)11-20(19)30(31)32)23-13(4)18(8-2)15(6)29(23)24(26,27)28(22)14(17)5/h9-11H,7-8H2,1-6H3. The molecule has 0 amide bonds. The quantitative estimate of drug-likeness (QED) is 0.300. The van der Waals surface area contributed by atoms with E-state index in [1.165, 1.54) is 6.07 Å². The monoisotopic (exact) mass is 459 g/mol. The number of fused-ring (bicyclic) bond motifs is 2. The van der Waals surface area contributed by atoms with Crippen molar-refractivity contribution in [1.82, 2.24) is 4.48 Å². The minimum Gasteiger partial charge on any atom is -0.393 e. The minimum absolute atomic E-state index is 0.198. The summed E-state index contributed by atoms with van der Waals surface area (Å²) in [6.07, 6.45) is 1.18. The predicted octanol–water partition coefficient (Wildman–Crippen LogP) is 6.44. The lowest BCUT2D eigenvalue weighted by molar-refractivity contribution is -0.385. The molecule has 1 aromatic heterocycles. The fourth-order valence-electron chi connectivity index (χ4n) is 5.60. The maximum absolute atomic E-state index is 16.2. The molecule has 3 heterocycles. The van der Waals surface area contributed by atoms with E-state index in [0.717, 1.165) is 31.2 Å². The number of nitro benzene ring substituents is 1. The van der Waals surface area contributed by atoms with Crippen LogP contribution in [0.4, 0.5) is 14.3 Å². The van der Waals surface area contributed by atoms with Gasteiger partial charge in [0.2, 0.25) is 0 Å². The topological polar surface area (TPSA) is 51.1 Å². The molecule has 0 spiro atoms. The van der Waals surface area contributed by atoms with Gasteiger partial charge in [0.15, 0.2) is 5.70 Å². The van der Waals surface area contributed by atoms with Crippen LogP contribution in [0.2, 0.25) is 5.02 Å². The third kappa shape index (κ3) is 2.78. The lowest BCUT2D eigenvalue weighted by Crippen LogP contribution is -2.51. The zero-order valence-corrected chi connectivity index (χ0v) is 19.8. The Morgan fingerprint density at radius 3 is 2.38 bits per heavy atom. The van der Waals surface area contributed by atoms with Gasteiger partial charge < -0.3 is 17.6 Å². The highest BCUT2D eigenvalue weighted by atomic mass is 35.5. The van der Waals surface area contributed by atoms with Crippen molar-refractivity contribution in [3.05, 3.63) is 78.3 Å². The lowest BCUT2D eigenvalue weighted by atomic mass is 9.83. The zero-order valence-electron chi connectivity index (χ0n) is 19.0. The summed E-state index contributed by atoms with van der Waals surface area (Å²) in [6, 6.07) is 4.43. The van der Waals surface area contributed by atoms with Crippen LogP contribution in [-0.4, -0.2) is 26.6 Å². The van der Waals surface area contributed by atoms with Crippen LogP contribution in [0, 0.1) is 24.0 Å². The summed E-state index contributed by atoms with van der Waals surface area (Å²) < 4.78 is 34.6. The van der Waals surface area contributed by atoms with Gasteiger partial charge in [-0.1, -0.05) is 25.4 Å². The highest BCUT2D eigenvalue weighted by Crippen LogP contribution is 2.48. The van der Waals surface area contributed by atoms with Crippen molar-refractivity contribution in [2.45, 2.75) is 54.4 Å². The van der Waals surface area contributed by atoms with E-state index in [1.54, 1.807) is 26.0 Å². The summed E-state index contributed by atoms with van der Waals surface area (Å²) in [4.78, 5) is 11.5. The molecule has 9 heteroatoms. The molecule has 0 aliphatic carbocycles. The number of aromatic nitrogens is 1. The van der Waals surface area contributed by atoms with E-state index in [9.17, 15) is 10.1 Å². The highest BCUT2D eigenvalue weighted by molar-refractivity contribution is 6.58. The van der Waals surface area contributed by atoms with Crippen LogP contribution >= 0.6 is 11.6 Å². The molecule has 0 N–H and O–H groups in total. The molecule has 0 atom stereocenters. The lowest BCUT2D eigenvalue weighted by Gasteiger charge is -2.33. The van der Waals surface area contributed by atoms with E-state index in [0.29, 0.717) is 46.8 Å². The first-order valence-corrected chi connectivity index (χ1v) is 11.1. The smallest absolute Gasteiger partial charge is 0.393 e. The molecule has 0 saturated heterocycles. The van der Waals surface area contributed by atoms with Crippen LogP contribution in [0.25, 0.3) is 5.57 Å². The van der Waals surface area contributed by atoms with Crippen molar-refractivity contribution in [2.24, 2.45) is 0 Å². The molecular weight excluding hydrogens is 435 g/mol. The van der Waals surface area contributed by atoms with Crippen LogP contribution in [0.1, 0.15) is 62.2 Å². The normalized spacial score (nSPS) is 17.3. The third-order valence-corrected chi connectivity index (χ3v) is 7.16. The molecule has 0 bridgehead atoms. The Balaban J connectivity index is 2.28. The van der Waals surface area contributed by atoms with Crippen LogP contribution in [0.5, 0.6) is 0 Å². The fourth-order valence-corrected chi connectivity index (χ4v) is 5.77. The van der Waals surface area contributed by atoms with E-state index in [4.69, 9.17) is 11.6 Å². The number of nitrogens with zero attached hydrogens (tertiary/aromatic N) is 3. The Morgan fingerprint density at radius 1 is 1.16 bits per heavy atom. The number of allylic oxidation sites excluding steroid dienone is 2. The second-order valence-electron chi connectivity index (χ2n) is 8.40. The van der Waals surface area contributed by atoms with Crippen LogP contribution in [-0.2, 0) is 6.42 Å². The Bertz CT molecular complexity index is 1300. The number of hydrogen-bond acceptors (Lipinski definition) is 2. The molecule has 0 unspecified atom stereocenters. The summed E-state index contributed by atoms with van der Waals surface area (Å²) >= 11 is 6.07. The number of benzene rings is 1. The molecule has 5 nitrogen and oxygen atoms in total. The van der Waals surface area contributed by atoms with Crippen LogP contribution in [0.15, 0.2) is 35.0 Å². The summed E-state index contributed by atoms with van der Waals surface area (Å²) in [5, 5.41) is 12.2. The molecule has 0 saturated carbocycles. The summed E-state index contributed by atoms with van der Waals surface area (Å²) in [5.41, 5.74) is 5.39. The third-order valence-electron chi connectivity index (χ3n) is 6.92. The zero-order chi connectivity index (χ0) is 23.7. The van der Waals surface area contributed by atoms with Gasteiger partial charge in [-0.25, -0.2) is 0 Å². The van der Waals surface area contributed by atoms with Gasteiger partial charge in [0.05, 0.1) is 16.1 Å². The molecule has 32 heavy (non-hydrogen) atoms. The van der Waals surface area contributed by atoms with Crippen molar-refractivity contribution in [3.63, 3.8) is 0 Å². The molecule has 2 aromatic rings. The van der Waals surface area contributed by atoms with Crippen LogP contribution in [0.3, 0.4) is 0 Å². The average molecular weight is 460 g/mol. The summed E-state index contributed by atoms with van der Waals surface area (Å²) in [6.45, 7) is 6.75. The van der Waals surface area contributed by atoms with E-state index in [2.05, 4.69) is 0 Å². The van der Waals surface area contributed by atoms with Crippen molar-refractivity contribution in [2.75, 3.05) is 0 Å². The second-order valence-corrected chi connectivity index (χ2v) is 8.84. The Hall–Kier alpha value is -2.74. The molecule has 4 rings (SSSR count). The Morgan fingerprint density at radius 2 is 1.81 bits per heavy atom. The molecule has 1 aromatic carbocycles. The van der Waals surface area contributed by atoms with Crippen molar-refractivity contribution in [1.29, 1.82) is 0 Å². The fraction of sp³-hybridized carbons (Fsp3) is 0.348. The number of hydrogen-bond donors (Lipinski definition) is 0. The van der Waals surface area contributed by atoms with Gasteiger partial charge >= 0.3 is 6.97 Å². The first-order chi connectivity index (χ1) is 15.0. The number of rotatable bonds is 4. The van der Waals surface area contributed by atoms with Gasteiger partial charge in [0.1, 0.15) is 5.71 Å². The van der Waals surface area contributed by atoms with Crippen molar-refractivity contribution in [3.8, 4) is 0 Å². The van der Waals surface area contributed by atoms with Gasteiger partial charge in [-0.2, -0.15) is 0 Å². The molecule has 168 valence electrons.